The number of aryl methyl sites for hydroxylation is 2. The summed E-state index contributed by atoms with van der Waals surface area (Å²) in [6, 6.07) is 3.92. The van der Waals surface area contributed by atoms with Gasteiger partial charge in [0.05, 0.1) is 18.7 Å². The Morgan fingerprint density at radius 1 is 1.19 bits per heavy atom. The molecule has 1 aliphatic rings. The molecule has 21 heavy (non-hydrogen) atoms. The zero-order chi connectivity index (χ0) is 15.0. The first-order chi connectivity index (χ1) is 9.96. The number of aromatic nitrogens is 2. The lowest BCUT2D eigenvalue weighted by Crippen LogP contribution is -2.38. The monoisotopic (exact) mass is 293 g/mol. The van der Waals surface area contributed by atoms with Crippen molar-refractivity contribution < 1.29 is 13.5 Å². The molecule has 0 bridgehead atoms. The van der Waals surface area contributed by atoms with Crippen molar-refractivity contribution in [3.05, 3.63) is 29.6 Å². The van der Waals surface area contributed by atoms with Gasteiger partial charge in [-0.25, -0.2) is 18.7 Å². The highest BCUT2D eigenvalue weighted by Crippen LogP contribution is 2.29. The highest BCUT2D eigenvalue weighted by atomic mass is 19.3. The molecule has 1 aromatic carbocycles. The largest absolute Gasteiger partial charge is 0.373 e. The molecule has 1 aromatic heterocycles. The second-order valence-electron chi connectivity index (χ2n) is 5.48. The third-order valence-electron chi connectivity index (χ3n) is 3.77. The third kappa shape index (κ3) is 2.81. The predicted octanol–water partition coefficient (Wildman–Crippen LogP) is 2.72. The van der Waals surface area contributed by atoms with Gasteiger partial charge in [-0.1, -0.05) is 0 Å². The molecule has 1 aliphatic heterocycles. The molecule has 6 heteroatoms. The molecule has 1 fully saturated rings. The first kappa shape index (κ1) is 14.1. The number of benzene rings is 1. The maximum atomic E-state index is 13.7. The standard InChI is InChI=1S/C15H17F2N3O/c1-10-5-12-13(6-11(10)2)18-9-19-14(12)20-3-4-21-8-15(16,17)7-20/h5-6,9H,3-4,7-8H2,1-2H3. The Morgan fingerprint density at radius 3 is 2.76 bits per heavy atom. The van der Waals surface area contributed by atoms with E-state index >= 15 is 0 Å². The first-order valence-electron chi connectivity index (χ1n) is 6.89. The van der Waals surface area contributed by atoms with Crippen LogP contribution in [-0.2, 0) is 4.74 Å². The molecule has 0 aliphatic carbocycles. The van der Waals surface area contributed by atoms with E-state index in [4.69, 9.17) is 4.74 Å². The second-order valence-corrected chi connectivity index (χ2v) is 5.48. The zero-order valence-corrected chi connectivity index (χ0v) is 12.1. The van der Waals surface area contributed by atoms with Gasteiger partial charge >= 0.3 is 0 Å². The molecule has 0 spiro atoms. The van der Waals surface area contributed by atoms with E-state index in [2.05, 4.69) is 9.97 Å². The summed E-state index contributed by atoms with van der Waals surface area (Å²) in [6.07, 6.45) is 1.43. The van der Waals surface area contributed by atoms with Crippen molar-refractivity contribution in [2.75, 3.05) is 31.2 Å². The number of hydrogen-bond acceptors (Lipinski definition) is 4. The molecular formula is C15H17F2N3O. The number of anilines is 1. The van der Waals surface area contributed by atoms with Crippen molar-refractivity contribution in [3.63, 3.8) is 0 Å². The lowest BCUT2D eigenvalue weighted by atomic mass is 10.1. The molecule has 0 amide bonds. The number of ether oxygens (including phenoxy) is 1. The van der Waals surface area contributed by atoms with Gasteiger partial charge in [-0.3, -0.25) is 0 Å². The molecule has 0 atom stereocenters. The average molecular weight is 293 g/mol. The number of fused-ring (bicyclic) bond motifs is 1. The van der Waals surface area contributed by atoms with Crippen LogP contribution in [0.4, 0.5) is 14.6 Å². The SMILES string of the molecule is Cc1cc2ncnc(N3CCOCC(F)(F)C3)c2cc1C. The fourth-order valence-electron chi connectivity index (χ4n) is 2.54. The number of halogens is 2. The zero-order valence-electron chi connectivity index (χ0n) is 12.1. The topological polar surface area (TPSA) is 38.2 Å². The smallest absolute Gasteiger partial charge is 0.288 e. The summed E-state index contributed by atoms with van der Waals surface area (Å²) in [5.41, 5.74) is 2.99. The van der Waals surface area contributed by atoms with Crippen LogP contribution < -0.4 is 4.90 Å². The van der Waals surface area contributed by atoms with Crippen LogP contribution in [0.2, 0.25) is 0 Å². The van der Waals surface area contributed by atoms with Crippen LogP contribution in [0.25, 0.3) is 10.9 Å². The lowest BCUT2D eigenvalue weighted by Gasteiger charge is -2.25. The lowest BCUT2D eigenvalue weighted by molar-refractivity contribution is -0.0563. The van der Waals surface area contributed by atoms with Gasteiger partial charge in [-0.15, -0.1) is 0 Å². The van der Waals surface area contributed by atoms with Gasteiger partial charge in [0.25, 0.3) is 5.92 Å². The van der Waals surface area contributed by atoms with Crippen LogP contribution in [0.5, 0.6) is 0 Å². The van der Waals surface area contributed by atoms with Crippen LogP contribution in [-0.4, -0.2) is 42.2 Å². The van der Waals surface area contributed by atoms with E-state index in [0.29, 0.717) is 12.4 Å². The Morgan fingerprint density at radius 2 is 1.95 bits per heavy atom. The van der Waals surface area contributed by atoms with E-state index in [1.54, 1.807) is 4.90 Å². The molecule has 2 aromatic rings. The summed E-state index contributed by atoms with van der Waals surface area (Å²) in [4.78, 5) is 10.1. The summed E-state index contributed by atoms with van der Waals surface area (Å²) in [7, 11) is 0. The van der Waals surface area contributed by atoms with Crippen LogP contribution >= 0.6 is 0 Å². The van der Waals surface area contributed by atoms with E-state index in [-0.39, 0.29) is 13.2 Å². The Kier molecular flexibility index (Phi) is 3.49. The maximum absolute atomic E-state index is 13.7. The molecular weight excluding hydrogens is 276 g/mol. The maximum Gasteiger partial charge on any atom is 0.288 e. The van der Waals surface area contributed by atoms with Gasteiger partial charge in [0.1, 0.15) is 18.8 Å². The summed E-state index contributed by atoms with van der Waals surface area (Å²) in [6.45, 7) is 3.74. The molecule has 0 radical (unpaired) electrons. The average Bonchev–Trinajstić information content (AvgIpc) is 2.60. The van der Waals surface area contributed by atoms with E-state index in [9.17, 15) is 8.78 Å². The van der Waals surface area contributed by atoms with E-state index < -0.39 is 12.5 Å². The predicted molar refractivity (Wildman–Crippen MR) is 77.0 cm³/mol. The molecule has 4 nitrogen and oxygen atoms in total. The Balaban J connectivity index is 2.09. The minimum absolute atomic E-state index is 0.270. The Hall–Kier alpha value is -1.82. The normalized spacial score (nSPS) is 18.8. The number of rotatable bonds is 1. The number of hydrogen-bond donors (Lipinski definition) is 0. The fraction of sp³-hybridized carbons (Fsp3) is 0.467. The van der Waals surface area contributed by atoms with E-state index in [0.717, 1.165) is 22.0 Å². The van der Waals surface area contributed by atoms with E-state index in [1.165, 1.54) is 6.33 Å². The molecule has 0 saturated carbocycles. The van der Waals surface area contributed by atoms with Gasteiger partial charge in [-0.05, 0) is 37.1 Å². The summed E-state index contributed by atoms with van der Waals surface area (Å²) in [5, 5.41) is 0.804. The molecule has 0 unspecified atom stereocenters. The van der Waals surface area contributed by atoms with Crippen molar-refractivity contribution in [3.8, 4) is 0 Å². The highest BCUT2D eigenvalue weighted by molar-refractivity contribution is 5.90. The molecule has 0 N–H and O–H groups in total. The van der Waals surface area contributed by atoms with Crippen molar-refractivity contribution in [2.45, 2.75) is 19.8 Å². The summed E-state index contributed by atoms with van der Waals surface area (Å²) >= 11 is 0. The second kappa shape index (κ2) is 5.18. The van der Waals surface area contributed by atoms with Gasteiger partial charge in [0.15, 0.2) is 0 Å². The minimum atomic E-state index is -2.87. The van der Waals surface area contributed by atoms with Crippen LogP contribution in [0.15, 0.2) is 18.5 Å². The van der Waals surface area contributed by atoms with Crippen molar-refractivity contribution >= 4 is 16.7 Å². The number of nitrogens with zero attached hydrogens (tertiary/aromatic N) is 3. The Bertz CT molecular complexity index is 675. The summed E-state index contributed by atoms with van der Waals surface area (Å²) in [5.74, 6) is -2.32. The molecule has 1 saturated heterocycles. The molecule has 2 heterocycles. The first-order valence-corrected chi connectivity index (χ1v) is 6.89. The van der Waals surface area contributed by atoms with Gasteiger partial charge in [0, 0.05) is 11.9 Å². The van der Waals surface area contributed by atoms with Crippen molar-refractivity contribution in [1.82, 2.24) is 9.97 Å². The molecule has 112 valence electrons. The molecule has 3 rings (SSSR count). The van der Waals surface area contributed by atoms with Crippen molar-refractivity contribution in [2.24, 2.45) is 0 Å². The minimum Gasteiger partial charge on any atom is -0.373 e. The van der Waals surface area contributed by atoms with Gasteiger partial charge in [-0.2, -0.15) is 0 Å². The van der Waals surface area contributed by atoms with Gasteiger partial charge in [0.2, 0.25) is 0 Å². The van der Waals surface area contributed by atoms with Crippen LogP contribution in [0.1, 0.15) is 11.1 Å². The number of alkyl halides is 2. The van der Waals surface area contributed by atoms with E-state index in [1.807, 2.05) is 26.0 Å². The Labute approximate surface area is 121 Å². The van der Waals surface area contributed by atoms with Crippen molar-refractivity contribution in [1.29, 1.82) is 0 Å². The third-order valence-corrected chi connectivity index (χ3v) is 3.77. The van der Waals surface area contributed by atoms with Crippen LogP contribution in [0.3, 0.4) is 0 Å². The van der Waals surface area contributed by atoms with Crippen LogP contribution in [0, 0.1) is 13.8 Å². The summed E-state index contributed by atoms with van der Waals surface area (Å²) < 4.78 is 32.4. The van der Waals surface area contributed by atoms with Gasteiger partial charge < -0.3 is 9.64 Å². The quantitative estimate of drug-likeness (QED) is 0.810. The fourth-order valence-corrected chi connectivity index (χ4v) is 2.54. The highest BCUT2D eigenvalue weighted by Gasteiger charge is 2.35.